The normalized spacial score (nSPS) is 15.0. The lowest BCUT2D eigenvalue weighted by molar-refractivity contribution is -0.787. The molecule has 2 nitrogen and oxygen atoms in total. The zero-order chi connectivity index (χ0) is 8.72. The number of hydrogen-bond donors (Lipinski definition) is 0. The topological polar surface area (TPSA) is 8.81 Å². The minimum Gasteiger partial charge on any atom is -1.00 e. The van der Waals surface area contributed by atoms with E-state index in [1.807, 2.05) is 0 Å². The zero-order valence-corrected chi connectivity index (χ0v) is 11.2. The first-order valence-electron chi connectivity index (χ1n) is 4.47. The molecule has 0 aromatic carbocycles. The van der Waals surface area contributed by atoms with Crippen molar-refractivity contribution in [3.63, 3.8) is 0 Å². The third kappa shape index (κ3) is 1.71. The summed E-state index contributed by atoms with van der Waals surface area (Å²) in [4.78, 5) is 0. The molecule has 4 heteroatoms. The highest BCUT2D eigenvalue weighted by molar-refractivity contribution is 9.10. The summed E-state index contributed by atoms with van der Waals surface area (Å²) in [7, 11) is 0. The van der Waals surface area contributed by atoms with Crippen molar-refractivity contribution < 1.29 is 21.7 Å². The molecular weight excluding hydrogens is 296 g/mol. The molecule has 0 spiro atoms. The van der Waals surface area contributed by atoms with Crippen LogP contribution in [0, 0.1) is 13.8 Å². The summed E-state index contributed by atoms with van der Waals surface area (Å²) in [6.07, 6.45) is 2.64. The molecule has 0 bridgehead atoms. The van der Waals surface area contributed by atoms with Crippen molar-refractivity contribution >= 4 is 15.9 Å². The summed E-state index contributed by atoms with van der Waals surface area (Å²) in [5.74, 6) is 0. The number of halogens is 2. The molecule has 1 aromatic rings. The summed E-state index contributed by atoms with van der Waals surface area (Å²) in [5.41, 5.74) is 2.74. The van der Waals surface area contributed by atoms with Crippen molar-refractivity contribution in [1.29, 1.82) is 0 Å². The molecular formula is C9H14Br2N2. The van der Waals surface area contributed by atoms with E-state index >= 15 is 0 Å². The second-order valence-electron chi connectivity index (χ2n) is 3.44. The molecule has 0 radical (unpaired) electrons. The Balaban J connectivity index is 0.000000845. The van der Waals surface area contributed by atoms with Crippen LogP contribution in [-0.4, -0.2) is 4.68 Å². The first kappa shape index (κ1) is 11.2. The molecule has 0 N–H and O–H groups in total. The van der Waals surface area contributed by atoms with Gasteiger partial charge in [-0.15, -0.1) is 4.68 Å². The second kappa shape index (κ2) is 4.13. The number of nitrogens with zero attached hydrogens (tertiary/aromatic N) is 2. The molecule has 0 atom stereocenters. The molecule has 2 heterocycles. The molecule has 13 heavy (non-hydrogen) atoms. The average Bonchev–Trinajstić information content (AvgIpc) is 2.33. The van der Waals surface area contributed by atoms with Crippen molar-refractivity contribution in [3.05, 3.63) is 15.9 Å². The number of aromatic nitrogens is 2. The fraction of sp³-hybridized carbons (Fsp3) is 0.667. The van der Waals surface area contributed by atoms with Crippen LogP contribution in [0.4, 0.5) is 0 Å². The van der Waals surface area contributed by atoms with E-state index in [0.717, 1.165) is 0 Å². The third-order valence-corrected chi connectivity index (χ3v) is 3.84. The summed E-state index contributed by atoms with van der Waals surface area (Å²) in [6, 6.07) is 0. The lowest BCUT2D eigenvalue weighted by Gasteiger charge is -2.10. The number of hydrogen-bond acceptors (Lipinski definition) is 0. The van der Waals surface area contributed by atoms with E-state index < -0.39 is 0 Å². The Bertz CT molecular complexity index is 288. The maximum absolute atomic E-state index is 3.62. The summed E-state index contributed by atoms with van der Waals surface area (Å²) in [5, 5.41) is 0. The van der Waals surface area contributed by atoms with Gasteiger partial charge in [0.15, 0.2) is 6.54 Å². The van der Waals surface area contributed by atoms with E-state index in [9.17, 15) is 0 Å². The predicted molar refractivity (Wildman–Crippen MR) is 51.0 cm³/mol. The highest BCUT2D eigenvalue weighted by atomic mass is 79.9. The summed E-state index contributed by atoms with van der Waals surface area (Å²) < 4.78 is 6.04. The van der Waals surface area contributed by atoms with Gasteiger partial charge in [0.1, 0.15) is 4.47 Å². The Morgan fingerprint density at radius 3 is 2.62 bits per heavy atom. The van der Waals surface area contributed by atoms with Gasteiger partial charge < -0.3 is 17.0 Å². The van der Waals surface area contributed by atoms with Crippen LogP contribution in [0.2, 0.25) is 0 Å². The Kier molecular flexibility index (Phi) is 3.57. The van der Waals surface area contributed by atoms with Gasteiger partial charge in [-0.3, -0.25) is 0 Å². The number of rotatable bonds is 0. The molecule has 0 saturated carbocycles. The SMILES string of the molecule is Cc1c(Br)c(C)[n+]2n1CCCC2.[Br-]. The fourth-order valence-electron chi connectivity index (χ4n) is 1.95. The van der Waals surface area contributed by atoms with E-state index in [-0.39, 0.29) is 17.0 Å². The van der Waals surface area contributed by atoms with Gasteiger partial charge in [-0.2, -0.15) is 4.68 Å². The van der Waals surface area contributed by atoms with Crippen LogP contribution in [0.1, 0.15) is 24.2 Å². The van der Waals surface area contributed by atoms with Crippen molar-refractivity contribution in [3.8, 4) is 0 Å². The van der Waals surface area contributed by atoms with Crippen LogP contribution in [0.5, 0.6) is 0 Å². The quantitative estimate of drug-likeness (QED) is 0.541. The van der Waals surface area contributed by atoms with Gasteiger partial charge in [-0.1, -0.05) is 0 Å². The van der Waals surface area contributed by atoms with Crippen molar-refractivity contribution in [2.24, 2.45) is 0 Å². The van der Waals surface area contributed by atoms with E-state index in [0.29, 0.717) is 0 Å². The standard InChI is InChI=1S/C9H14BrN2.BrH/c1-7-9(10)8(2)12-6-4-3-5-11(7)12;/h3-6H2,1-2H3;1H/q+1;/p-1. The number of fused-ring (bicyclic) bond motifs is 1. The fourth-order valence-corrected chi connectivity index (χ4v) is 2.36. The van der Waals surface area contributed by atoms with Gasteiger partial charge in [0.2, 0.25) is 5.69 Å². The maximum atomic E-state index is 3.62. The van der Waals surface area contributed by atoms with Crippen LogP contribution in [0.3, 0.4) is 0 Å². The second-order valence-corrected chi connectivity index (χ2v) is 4.23. The minimum atomic E-state index is 0. The average molecular weight is 310 g/mol. The van der Waals surface area contributed by atoms with Gasteiger partial charge in [0.05, 0.1) is 12.2 Å². The van der Waals surface area contributed by atoms with Gasteiger partial charge in [0, 0.05) is 13.3 Å². The molecule has 0 amide bonds. The molecule has 1 aromatic heterocycles. The zero-order valence-electron chi connectivity index (χ0n) is 7.98. The lowest BCUT2D eigenvalue weighted by atomic mass is 10.3. The Morgan fingerprint density at radius 1 is 1.31 bits per heavy atom. The Morgan fingerprint density at radius 2 is 2.00 bits per heavy atom. The first-order valence-corrected chi connectivity index (χ1v) is 5.26. The lowest BCUT2D eigenvalue weighted by Crippen LogP contribution is -3.00. The Labute approximate surface area is 97.8 Å². The smallest absolute Gasteiger partial charge is 0.219 e. The van der Waals surface area contributed by atoms with E-state index in [4.69, 9.17) is 0 Å². The molecule has 74 valence electrons. The molecule has 1 aliphatic heterocycles. The minimum absolute atomic E-state index is 0. The van der Waals surface area contributed by atoms with E-state index in [1.165, 1.54) is 41.8 Å². The van der Waals surface area contributed by atoms with E-state index in [1.54, 1.807) is 0 Å². The van der Waals surface area contributed by atoms with Gasteiger partial charge in [-0.25, -0.2) is 0 Å². The highest BCUT2D eigenvalue weighted by Gasteiger charge is 2.25. The van der Waals surface area contributed by atoms with Crippen LogP contribution in [0.15, 0.2) is 4.47 Å². The first-order chi connectivity index (χ1) is 5.72. The predicted octanol–water partition coefficient (Wildman–Crippen LogP) is -1.05. The molecule has 2 rings (SSSR count). The molecule has 0 aliphatic carbocycles. The van der Waals surface area contributed by atoms with Crippen molar-refractivity contribution in [1.82, 2.24) is 4.68 Å². The summed E-state index contributed by atoms with van der Waals surface area (Å²) >= 11 is 3.62. The van der Waals surface area contributed by atoms with Crippen LogP contribution in [-0.2, 0) is 13.1 Å². The monoisotopic (exact) mass is 308 g/mol. The van der Waals surface area contributed by atoms with Gasteiger partial charge >= 0.3 is 0 Å². The summed E-state index contributed by atoms with van der Waals surface area (Å²) in [6.45, 7) is 6.72. The van der Waals surface area contributed by atoms with Crippen LogP contribution >= 0.6 is 15.9 Å². The van der Waals surface area contributed by atoms with Gasteiger partial charge in [0.25, 0.3) is 0 Å². The third-order valence-electron chi connectivity index (χ3n) is 2.69. The molecule has 0 saturated heterocycles. The molecule has 0 unspecified atom stereocenters. The van der Waals surface area contributed by atoms with Crippen molar-refractivity contribution in [2.45, 2.75) is 39.8 Å². The maximum Gasteiger partial charge on any atom is 0.219 e. The van der Waals surface area contributed by atoms with Crippen molar-refractivity contribution in [2.75, 3.05) is 0 Å². The largest absolute Gasteiger partial charge is 1.00 e. The Hall–Kier alpha value is 0.170. The van der Waals surface area contributed by atoms with Crippen LogP contribution < -0.4 is 21.7 Å². The van der Waals surface area contributed by atoms with Crippen LogP contribution in [0.25, 0.3) is 0 Å². The highest BCUT2D eigenvalue weighted by Crippen LogP contribution is 2.20. The van der Waals surface area contributed by atoms with Gasteiger partial charge in [-0.05, 0) is 29.3 Å². The van der Waals surface area contributed by atoms with E-state index in [2.05, 4.69) is 39.1 Å². The molecule has 1 aliphatic rings. The molecule has 0 fully saturated rings.